The van der Waals surface area contributed by atoms with Crippen molar-refractivity contribution < 1.29 is 4.74 Å². The van der Waals surface area contributed by atoms with Crippen LogP contribution in [0.2, 0.25) is 0 Å². The second kappa shape index (κ2) is 7.68. The van der Waals surface area contributed by atoms with Crippen molar-refractivity contribution in [2.45, 2.75) is 26.5 Å². The first-order chi connectivity index (χ1) is 9.31. The Morgan fingerprint density at radius 1 is 1.26 bits per heavy atom. The molecule has 0 bridgehead atoms. The number of hydrogen-bond donors (Lipinski definition) is 1. The van der Waals surface area contributed by atoms with E-state index in [0.29, 0.717) is 6.61 Å². The molecular formula is C15H18BrNOS. The van der Waals surface area contributed by atoms with Gasteiger partial charge in [-0.15, -0.1) is 11.3 Å². The molecule has 0 atom stereocenters. The van der Waals surface area contributed by atoms with Crippen LogP contribution >= 0.6 is 27.3 Å². The largest absolute Gasteiger partial charge is 0.488 e. The Morgan fingerprint density at radius 2 is 2.11 bits per heavy atom. The van der Waals surface area contributed by atoms with E-state index in [1.165, 1.54) is 10.4 Å². The number of halogens is 1. The molecule has 0 saturated heterocycles. The van der Waals surface area contributed by atoms with Crippen molar-refractivity contribution in [1.82, 2.24) is 5.32 Å². The van der Waals surface area contributed by atoms with Crippen LogP contribution in [-0.4, -0.2) is 6.54 Å². The Morgan fingerprint density at radius 3 is 2.84 bits per heavy atom. The third kappa shape index (κ3) is 4.34. The van der Waals surface area contributed by atoms with Crippen molar-refractivity contribution in [3.63, 3.8) is 0 Å². The van der Waals surface area contributed by atoms with Gasteiger partial charge in [-0.3, -0.25) is 0 Å². The van der Waals surface area contributed by atoms with E-state index < -0.39 is 0 Å². The minimum absolute atomic E-state index is 0.614. The van der Waals surface area contributed by atoms with Crippen LogP contribution in [-0.2, 0) is 13.2 Å². The first-order valence-corrected chi connectivity index (χ1v) is 8.11. The quantitative estimate of drug-likeness (QED) is 0.745. The Hall–Kier alpha value is -0.840. The van der Waals surface area contributed by atoms with E-state index in [1.807, 2.05) is 12.1 Å². The number of benzene rings is 1. The van der Waals surface area contributed by atoms with Crippen LogP contribution in [0.1, 0.15) is 23.8 Å². The van der Waals surface area contributed by atoms with E-state index in [2.05, 4.69) is 51.7 Å². The van der Waals surface area contributed by atoms with Gasteiger partial charge in [0.05, 0.1) is 4.88 Å². The zero-order valence-electron chi connectivity index (χ0n) is 11.0. The van der Waals surface area contributed by atoms with Crippen molar-refractivity contribution in [2.75, 3.05) is 6.54 Å². The molecule has 102 valence electrons. The summed E-state index contributed by atoms with van der Waals surface area (Å²) < 4.78 is 7.06. The lowest BCUT2D eigenvalue weighted by molar-refractivity contribution is 0.305. The molecule has 2 rings (SSSR count). The predicted octanol–water partition coefficient (Wildman–Crippen LogP) is 4.59. The molecule has 0 radical (unpaired) electrons. The number of thiophene rings is 1. The first kappa shape index (κ1) is 14.6. The molecule has 0 aliphatic heterocycles. The molecule has 1 heterocycles. The standard InChI is InChI=1S/C15H18BrNOS/c1-2-8-17-10-12-5-3-4-6-14(12)18-11-15-13(16)7-9-19-15/h3-7,9,17H,2,8,10-11H2,1H3. The molecule has 0 spiro atoms. The second-order valence-corrected chi connectivity index (χ2v) is 6.12. The van der Waals surface area contributed by atoms with Crippen molar-refractivity contribution in [1.29, 1.82) is 0 Å². The van der Waals surface area contributed by atoms with Gasteiger partial charge in [-0.1, -0.05) is 25.1 Å². The molecule has 1 N–H and O–H groups in total. The Labute approximate surface area is 126 Å². The summed E-state index contributed by atoms with van der Waals surface area (Å²) in [6.07, 6.45) is 1.14. The molecule has 0 aliphatic rings. The number of nitrogens with one attached hydrogen (secondary N) is 1. The first-order valence-electron chi connectivity index (χ1n) is 6.44. The minimum atomic E-state index is 0.614. The van der Waals surface area contributed by atoms with E-state index in [4.69, 9.17) is 4.74 Å². The van der Waals surface area contributed by atoms with E-state index in [0.717, 1.165) is 29.7 Å². The molecule has 0 unspecified atom stereocenters. The van der Waals surface area contributed by atoms with Crippen LogP contribution in [0, 0.1) is 0 Å². The minimum Gasteiger partial charge on any atom is -0.488 e. The summed E-state index contributed by atoms with van der Waals surface area (Å²) >= 11 is 5.24. The lowest BCUT2D eigenvalue weighted by atomic mass is 10.2. The average molecular weight is 340 g/mol. The van der Waals surface area contributed by atoms with Gasteiger partial charge in [0.15, 0.2) is 0 Å². The molecule has 4 heteroatoms. The molecular weight excluding hydrogens is 322 g/mol. The Kier molecular flexibility index (Phi) is 5.89. The Bertz CT molecular complexity index is 512. The third-order valence-electron chi connectivity index (χ3n) is 2.76. The number of ether oxygens (including phenoxy) is 1. The molecule has 2 aromatic rings. The Balaban J connectivity index is 1.97. The maximum atomic E-state index is 5.93. The lowest BCUT2D eigenvalue weighted by Gasteiger charge is -2.11. The SMILES string of the molecule is CCCNCc1ccccc1OCc1sccc1Br. The molecule has 0 amide bonds. The molecule has 0 saturated carbocycles. The van der Waals surface area contributed by atoms with Crippen LogP contribution < -0.4 is 10.1 Å². The van der Waals surface area contributed by atoms with E-state index in [-0.39, 0.29) is 0 Å². The topological polar surface area (TPSA) is 21.3 Å². The predicted molar refractivity (Wildman–Crippen MR) is 84.8 cm³/mol. The van der Waals surface area contributed by atoms with Crippen LogP contribution in [0.3, 0.4) is 0 Å². The normalized spacial score (nSPS) is 10.6. The highest BCUT2D eigenvalue weighted by atomic mass is 79.9. The summed E-state index contributed by atoms with van der Waals surface area (Å²) in [6.45, 7) is 4.67. The van der Waals surface area contributed by atoms with E-state index in [1.54, 1.807) is 11.3 Å². The van der Waals surface area contributed by atoms with E-state index in [9.17, 15) is 0 Å². The van der Waals surface area contributed by atoms with Crippen LogP contribution in [0.25, 0.3) is 0 Å². The summed E-state index contributed by atoms with van der Waals surface area (Å²) in [4.78, 5) is 1.22. The van der Waals surface area contributed by atoms with Gasteiger partial charge in [-0.25, -0.2) is 0 Å². The van der Waals surface area contributed by atoms with Gasteiger partial charge in [-0.2, -0.15) is 0 Å². The fraction of sp³-hybridized carbons (Fsp3) is 0.333. The summed E-state index contributed by atoms with van der Waals surface area (Å²) in [5.74, 6) is 0.964. The highest BCUT2D eigenvalue weighted by Gasteiger charge is 2.05. The average Bonchev–Trinajstić information content (AvgIpc) is 2.83. The monoisotopic (exact) mass is 339 g/mol. The zero-order valence-corrected chi connectivity index (χ0v) is 13.4. The fourth-order valence-corrected chi connectivity index (χ4v) is 3.14. The van der Waals surface area contributed by atoms with Crippen molar-refractivity contribution in [3.05, 3.63) is 50.6 Å². The van der Waals surface area contributed by atoms with Gasteiger partial charge in [0.25, 0.3) is 0 Å². The van der Waals surface area contributed by atoms with Gasteiger partial charge in [0, 0.05) is 16.6 Å². The summed E-state index contributed by atoms with van der Waals surface area (Å²) in [6, 6.07) is 10.3. The second-order valence-electron chi connectivity index (χ2n) is 4.26. The zero-order chi connectivity index (χ0) is 13.5. The maximum absolute atomic E-state index is 5.93. The van der Waals surface area contributed by atoms with Crippen molar-refractivity contribution >= 4 is 27.3 Å². The van der Waals surface area contributed by atoms with Gasteiger partial charge in [0.1, 0.15) is 12.4 Å². The van der Waals surface area contributed by atoms with Crippen molar-refractivity contribution in [3.8, 4) is 5.75 Å². The van der Waals surface area contributed by atoms with Crippen LogP contribution in [0.15, 0.2) is 40.2 Å². The number of para-hydroxylation sites is 1. The smallest absolute Gasteiger partial charge is 0.124 e. The highest BCUT2D eigenvalue weighted by molar-refractivity contribution is 9.10. The maximum Gasteiger partial charge on any atom is 0.124 e. The van der Waals surface area contributed by atoms with Gasteiger partial charge in [0.2, 0.25) is 0 Å². The van der Waals surface area contributed by atoms with Crippen LogP contribution in [0.5, 0.6) is 5.75 Å². The summed E-state index contributed by atoms with van der Waals surface area (Å²) in [5, 5.41) is 5.48. The molecule has 2 nitrogen and oxygen atoms in total. The van der Waals surface area contributed by atoms with Gasteiger partial charge < -0.3 is 10.1 Å². The molecule has 19 heavy (non-hydrogen) atoms. The molecule has 1 aromatic carbocycles. The van der Waals surface area contributed by atoms with Crippen molar-refractivity contribution in [2.24, 2.45) is 0 Å². The van der Waals surface area contributed by atoms with Gasteiger partial charge in [-0.05, 0) is 46.4 Å². The fourth-order valence-electron chi connectivity index (χ4n) is 1.76. The summed E-state index contributed by atoms with van der Waals surface area (Å²) in [5.41, 5.74) is 1.21. The lowest BCUT2D eigenvalue weighted by Crippen LogP contribution is -2.14. The molecule has 1 aromatic heterocycles. The molecule has 0 aliphatic carbocycles. The highest BCUT2D eigenvalue weighted by Crippen LogP contribution is 2.25. The van der Waals surface area contributed by atoms with E-state index >= 15 is 0 Å². The van der Waals surface area contributed by atoms with Crippen LogP contribution in [0.4, 0.5) is 0 Å². The third-order valence-corrected chi connectivity index (χ3v) is 4.66. The summed E-state index contributed by atoms with van der Waals surface area (Å²) in [7, 11) is 0. The molecule has 0 fully saturated rings. The van der Waals surface area contributed by atoms with Gasteiger partial charge >= 0.3 is 0 Å². The number of rotatable bonds is 7. The number of hydrogen-bond acceptors (Lipinski definition) is 3.